The maximum Gasteiger partial charge on any atom is 0.160 e. The Balaban J connectivity index is 0.000000167. The van der Waals surface area contributed by atoms with Gasteiger partial charge in [-0.05, 0) is 273 Å². The van der Waals surface area contributed by atoms with Gasteiger partial charge in [0, 0.05) is 88.3 Å². The van der Waals surface area contributed by atoms with Gasteiger partial charge >= 0.3 is 0 Å². The van der Waals surface area contributed by atoms with Crippen LogP contribution in [-0.4, -0.2) is 49.0 Å². The SMILES string of the molecule is Cc1cc(-c2cc(-c3ccccc3)nc(-c3ccccc3)n2)cc(-c2cc(-c3ccccc3)nc(-c3ccccc3)n2)c1-n1c2c(C)c(C)c(C)c(C)c2c2c(C)c(C)c(C)c(C)c21.Cc1cc(-n2c3c(C)c(C)c(C)c(C)c3c3c(C)c(C)c(C)c(C)c32)c(-c2cc(-c3ccccc3)nc(-c3ccccc3)n2)cc1-c1cc(-c2ccccc2)nc(-c2ccccc2)n1. The van der Waals surface area contributed by atoms with Crippen LogP contribution in [0.4, 0.5) is 0 Å². The van der Waals surface area contributed by atoms with Crippen LogP contribution in [0.25, 0.3) is 191 Å². The van der Waals surface area contributed by atoms with Gasteiger partial charge in [-0.1, -0.05) is 243 Å². The smallest absolute Gasteiger partial charge is 0.160 e. The van der Waals surface area contributed by atoms with Gasteiger partial charge in [-0.3, -0.25) is 0 Å². The zero-order valence-corrected chi connectivity index (χ0v) is 76.2. The van der Waals surface area contributed by atoms with Crippen LogP contribution in [0.3, 0.4) is 0 Å². The summed E-state index contributed by atoms with van der Waals surface area (Å²) in [6.45, 7) is 41.1. The highest BCUT2D eigenvalue weighted by Gasteiger charge is 2.32. The van der Waals surface area contributed by atoms with Gasteiger partial charge in [0.1, 0.15) is 0 Å². The predicted octanol–water partition coefficient (Wildman–Crippen LogP) is 30.3. The van der Waals surface area contributed by atoms with Crippen molar-refractivity contribution in [3.63, 3.8) is 0 Å². The fraction of sp³-hybridized carbons (Fsp3) is 0.153. The molecule has 6 heterocycles. The third-order valence-corrected chi connectivity index (χ3v) is 27.6. The van der Waals surface area contributed by atoms with Crippen molar-refractivity contribution in [2.75, 3.05) is 0 Å². The minimum absolute atomic E-state index is 0.670. The van der Waals surface area contributed by atoms with Crippen molar-refractivity contribution in [2.45, 2.75) is 125 Å². The van der Waals surface area contributed by atoms with E-state index in [4.69, 9.17) is 39.9 Å². The summed E-state index contributed by atoms with van der Waals surface area (Å²) in [6.07, 6.45) is 0. The van der Waals surface area contributed by atoms with E-state index in [0.717, 1.165) is 135 Å². The summed E-state index contributed by atoms with van der Waals surface area (Å²) in [5.41, 5.74) is 49.1. The average Bonchev–Trinajstić information content (AvgIpc) is 1.54. The molecule has 0 fully saturated rings. The van der Waals surface area contributed by atoms with Crippen molar-refractivity contribution in [3.8, 4) is 147 Å². The molecule has 0 spiro atoms. The number of nitrogens with zero attached hydrogens (tertiary/aromatic N) is 10. The summed E-state index contributed by atoms with van der Waals surface area (Å²) in [6, 6.07) is 101. The summed E-state index contributed by atoms with van der Waals surface area (Å²) in [5, 5.41) is 5.28. The van der Waals surface area contributed by atoms with Crippen LogP contribution in [0.2, 0.25) is 0 Å². The number of aryl methyl sites for hydroxylation is 10. The predicted molar refractivity (Wildman–Crippen MR) is 534 cm³/mol. The topological polar surface area (TPSA) is 113 Å². The summed E-state index contributed by atoms with van der Waals surface area (Å²) in [5.74, 6) is 2.70. The van der Waals surface area contributed by atoms with Gasteiger partial charge in [0.15, 0.2) is 23.3 Å². The Labute approximate surface area is 750 Å². The lowest BCUT2D eigenvalue weighted by Crippen LogP contribution is -2.07. The molecule has 10 nitrogen and oxygen atoms in total. The lowest BCUT2D eigenvalue weighted by Gasteiger charge is -2.22. The highest BCUT2D eigenvalue weighted by molar-refractivity contribution is 6.18. The van der Waals surface area contributed by atoms with Gasteiger partial charge in [0.2, 0.25) is 0 Å². The molecular weight excluding hydrogens is 1560 g/mol. The highest BCUT2D eigenvalue weighted by Crippen LogP contribution is 2.50. The quantitative estimate of drug-likeness (QED) is 0.106. The van der Waals surface area contributed by atoms with E-state index in [1.165, 1.54) is 133 Å². The maximum atomic E-state index is 5.52. The first-order chi connectivity index (χ1) is 62.0. The second-order valence-electron chi connectivity index (χ2n) is 34.7. The van der Waals surface area contributed by atoms with E-state index in [1.807, 2.05) is 72.8 Å². The van der Waals surface area contributed by atoms with E-state index in [9.17, 15) is 0 Å². The van der Waals surface area contributed by atoms with E-state index in [1.54, 1.807) is 0 Å². The lowest BCUT2D eigenvalue weighted by atomic mass is 9.90. The molecule has 0 saturated carbocycles. The Morgan fingerprint density at radius 3 is 0.680 bits per heavy atom. The van der Waals surface area contributed by atoms with Crippen LogP contribution in [-0.2, 0) is 0 Å². The summed E-state index contributed by atoms with van der Waals surface area (Å²) in [4.78, 5) is 42.5. The van der Waals surface area contributed by atoms with Gasteiger partial charge in [-0.15, -0.1) is 0 Å². The lowest BCUT2D eigenvalue weighted by molar-refractivity contribution is 1.10. The van der Waals surface area contributed by atoms with Gasteiger partial charge in [0.25, 0.3) is 0 Å². The number of hydrogen-bond acceptors (Lipinski definition) is 8. The van der Waals surface area contributed by atoms with Crippen molar-refractivity contribution in [1.82, 2.24) is 49.0 Å². The molecule has 14 aromatic carbocycles. The number of hydrogen-bond donors (Lipinski definition) is 0. The third-order valence-electron chi connectivity index (χ3n) is 27.6. The molecule has 0 amide bonds. The standard InChI is InChI=1S/2C59H51N5/c1-34-30-53(64-56-41(8)37(4)35(2)39(6)54(56)55-40(7)36(3)38(5)42(9)57(55)64)48(52-33-50(44-24-16-11-17-25-44)61-59(63-52)46-28-20-13-21-29-46)31-47(34)51-32-49(43-22-14-10-15-23-43)60-58(62-51)45-26-18-12-19-27-45;1-34-30-47(51-32-49(43-22-14-10-15-23-43)60-58(62-51)45-26-18-12-19-27-45)31-48(52-33-50(44-24-16-11-17-25-44)61-59(63-52)46-28-20-13-21-29-46)55(34)64-56-41(8)37(4)35(2)39(6)53(56)54-40(7)36(3)38(5)42(9)57(54)64/h2*10-33H,1-9H3. The molecule has 0 saturated heterocycles. The fourth-order valence-electron chi connectivity index (χ4n) is 19.2. The molecule has 6 aromatic heterocycles. The third kappa shape index (κ3) is 14.4. The first-order valence-corrected chi connectivity index (χ1v) is 44.3. The molecule has 0 bridgehead atoms. The Bertz CT molecular complexity index is 7420. The van der Waals surface area contributed by atoms with Crippen molar-refractivity contribution in [3.05, 3.63) is 391 Å². The average molecular weight is 1660 g/mol. The van der Waals surface area contributed by atoms with E-state index in [2.05, 4.69) is 352 Å². The van der Waals surface area contributed by atoms with Crippen LogP contribution < -0.4 is 0 Å². The molecule has 10 heteroatoms. The molecule has 20 aromatic rings. The number of aromatic nitrogens is 10. The van der Waals surface area contributed by atoms with Gasteiger partial charge in [-0.2, -0.15) is 0 Å². The minimum Gasteiger partial charge on any atom is -0.308 e. The second-order valence-corrected chi connectivity index (χ2v) is 34.7. The normalized spacial score (nSPS) is 11.5. The molecular formula is C118H102N10. The number of rotatable bonds is 14. The van der Waals surface area contributed by atoms with Crippen molar-refractivity contribution >= 4 is 43.6 Å². The zero-order chi connectivity index (χ0) is 88.8. The summed E-state index contributed by atoms with van der Waals surface area (Å²) in [7, 11) is 0. The van der Waals surface area contributed by atoms with Crippen molar-refractivity contribution in [1.29, 1.82) is 0 Å². The van der Waals surface area contributed by atoms with E-state index in [-0.39, 0.29) is 0 Å². The molecule has 20 rings (SSSR count). The number of fused-ring (bicyclic) bond motifs is 6. The minimum atomic E-state index is 0.670. The Morgan fingerprint density at radius 2 is 0.391 bits per heavy atom. The van der Waals surface area contributed by atoms with Crippen LogP contribution in [0.5, 0.6) is 0 Å². The molecule has 0 atom stereocenters. The molecule has 0 aliphatic carbocycles. The summed E-state index contributed by atoms with van der Waals surface area (Å²) >= 11 is 0. The molecule has 0 aliphatic heterocycles. The first-order valence-electron chi connectivity index (χ1n) is 44.3. The number of benzene rings is 14. The zero-order valence-electron chi connectivity index (χ0n) is 76.2. The van der Waals surface area contributed by atoms with Crippen LogP contribution in [0.15, 0.2) is 291 Å². The van der Waals surface area contributed by atoms with Gasteiger partial charge < -0.3 is 9.13 Å². The molecule has 0 N–H and O–H groups in total. The molecule has 0 aliphatic rings. The van der Waals surface area contributed by atoms with Crippen molar-refractivity contribution < 1.29 is 0 Å². The van der Waals surface area contributed by atoms with E-state index in [0.29, 0.717) is 23.3 Å². The molecule has 0 radical (unpaired) electrons. The monoisotopic (exact) mass is 1660 g/mol. The first kappa shape index (κ1) is 82.6. The van der Waals surface area contributed by atoms with Gasteiger partial charge in [0.05, 0.1) is 79.0 Å². The Hall–Kier alpha value is -15.0. The highest BCUT2D eigenvalue weighted by atomic mass is 15.0. The fourth-order valence-corrected chi connectivity index (χ4v) is 19.2. The molecule has 0 unspecified atom stereocenters. The van der Waals surface area contributed by atoms with Crippen LogP contribution in [0.1, 0.15) is 100 Å². The van der Waals surface area contributed by atoms with E-state index >= 15 is 0 Å². The largest absolute Gasteiger partial charge is 0.308 e. The molecule has 128 heavy (non-hydrogen) atoms. The van der Waals surface area contributed by atoms with Crippen LogP contribution in [0, 0.1) is 125 Å². The van der Waals surface area contributed by atoms with E-state index < -0.39 is 0 Å². The van der Waals surface area contributed by atoms with Gasteiger partial charge in [-0.25, -0.2) is 39.9 Å². The molecule has 624 valence electrons. The summed E-state index contributed by atoms with van der Waals surface area (Å²) < 4.78 is 5.15. The Kier molecular flexibility index (Phi) is 21.6. The second kappa shape index (κ2) is 33.5. The van der Waals surface area contributed by atoms with Crippen LogP contribution >= 0.6 is 0 Å². The van der Waals surface area contributed by atoms with Crippen molar-refractivity contribution in [2.24, 2.45) is 0 Å². The maximum absolute atomic E-state index is 5.52. The Morgan fingerprint density at radius 1 is 0.164 bits per heavy atom.